The third-order valence-electron chi connectivity index (χ3n) is 3.40. The summed E-state index contributed by atoms with van der Waals surface area (Å²) in [6.45, 7) is 9.61. The Morgan fingerprint density at radius 2 is 1.95 bits per heavy atom. The molecule has 5 heteroatoms. The number of rotatable bonds is 6. The Labute approximate surface area is 131 Å². The molecule has 0 aromatic heterocycles. The molecule has 0 bridgehead atoms. The second-order valence-electron chi connectivity index (χ2n) is 6.35. The van der Waals surface area contributed by atoms with E-state index in [9.17, 15) is 9.59 Å². The van der Waals surface area contributed by atoms with Crippen LogP contribution in [0, 0.1) is 0 Å². The number of carbonyl (C=O) groups is 2. The molecule has 1 aromatic rings. The van der Waals surface area contributed by atoms with Crippen LogP contribution in [-0.4, -0.2) is 29.1 Å². The van der Waals surface area contributed by atoms with Crippen molar-refractivity contribution in [2.75, 3.05) is 0 Å². The number of carboxylic acids is 1. The van der Waals surface area contributed by atoms with Crippen molar-refractivity contribution in [3.8, 4) is 5.75 Å². The summed E-state index contributed by atoms with van der Waals surface area (Å²) in [6.07, 6.45) is -0.434. The Hall–Kier alpha value is -2.04. The monoisotopic (exact) mass is 307 g/mol. The first-order chi connectivity index (χ1) is 10.1. The zero-order valence-corrected chi connectivity index (χ0v) is 13.8. The molecule has 0 saturated heterocycles. The number of carboxylic acid groups (broad SMARTS) is 1. The standard InChI is InChI=1S/C17H25NO4/c1-6-14(16(20)21)18-15(19)11(2)22-13-9-7-8-12(10-13)17(3,4)5/h7-11,14H,6H2,1-5H3,(H,18,19)(H,20,21). The minimum absolute atomic E-state index is 0.0124. The topological polar surface area (TPSA) is 75.6 Å². The van der Waals surface area contributed by atoms with Gasteiger partial charge >= 0.3 is 5.97 Å². The summed E-state index contributed by atoms with van der Waals surface area (Å²) in [5.41, 5.74) is 1.09. The van der Waals surface area contributed by atoms with Gasteiger partial charge in [0.15, 0.2) is 6.10 Å². The fourth-order valence-electron chi connectivity index (χ4n) is 1.92. The molecule has 2 atom stereocenters. The molecule has 5 nitrogen and oxygen atoms in total. The summed E-state index contributed by atoms with van der Waals surface area (Å²) in [5.74, 6) is -0.883. The van der Waals surface area contributed by atoms with E-state index in [-0.39, 0.29) is 5.41 Å². The van der Waals surface area contributed by atoms with Gasteiger partial charge in [-0.1, -0.05) is 39.8 Å². The molecule has 122 valence electrons. The first-order valence-corrected chi connectivity index (χ1v) is 7.45. The third-order valence-corrected chi connectivity index (χ3v) is 3.40. The molecule has 2 unspecified atom stereocenters. The fraction of sp³-hybridized carbons (Fsp3) is 0.529. The maximum atomic E-state index is 12.0. The van der Waals surface area contributed by atoms with E-state index in [1.54, 1.807) is 19.9 Å². The van der Waals surface area contributed by atoms with E-state index in [1.165, 1.54) is 0 Å². The minimum Gasteiger partial charge on any atom is -0.481 e. The molecule has 1 amide bonds. The molecule has 0 aliphatic heterocycles. The Kier molecular flexibility index (Phi) is 5.97. The van der Waals surface area contributed by atoms with Crippen LogP contribution in [0.2, 0.25) is 0 Å². The van der Waals surface area contributed by atoms with Crippen LogP contribution in [0.3, 0.4) is 0 Å². The molecule has 0 heterocycles. The average Bonchev–Trinajstić information content (AvgIpc) is 2.43. The molecule has 0 aliphatic carbocycles. The first-order valence-electron chi connectivity index (χ1n) is 7.45. The van der Waals surface area contributed by atoms with Crippen LogP contribution in [0.25, 0.3) is 0 Å². The summed E-state index contributed by atoms with van der Waals surface area (Å²) >= 11 is 0. The molecule has 0 radical (unpaired) electrons. The highest BCUT2D eigenvalue weighted by molar-refractivity contribution is 5.86. The van der Waals surface area contributed by atoms with Gasteiger partial charge in [-0.25, -0.2) is 4.79 Å². The molecular weight excluding hydrogens is 282 g/mol. The van der Waals surface area contributed by atoms with Crippen LogP contribution in [-0.2, 0) is 15.0 Å². The molecule has 2 N–H and O–H groups in total. The number of hydrogen-bond donors (Lipinski definition) is 2. The van der Waals surface area contributed by atoms with Gasteiger partial charge in [-0.15, -0.1) is 0 Å². The number of amides is 1. The Bertz CT molecular complexity index is 534. The minimum atomic E-state index is -1.04. The molecule has 1 rings (SSSR count). The Balaban J connectivity index is 2.74. The molecule has 1 aromatic carbocycles. The van der Waals surface area contributed by atoms with Gasteiger partial charge in [-0.3, -0.25) is 4.79 Å². The fourth-order valence-corrected chi connectivity index (χ4v) is 1.92. The highest BCUT2D eigenvalue weighted by Gasteiger charge is 2.22. The Morgan fingerprint density at radius 1 is 1.32 bits per heavy atom. The number of nitrogens with one attached hydrogen (secondary N) is 1. The van der Waals surface area contributed by atoms with Crippen LogP contribution in [0.15, 0.2) is 24.3 Å². The van der Waals surface area contributed by atoms with E-state index in [2.05, 4.69) is 26.1 Å². The van der Waals surface area contributed by atoms with E-state index in [0.29, 0.717) is 12.2 Å². The zero-order chi connectivity index (χ0) is 16.9. The lowest BCUT2D eigenvalue weighted by Crippen LogP contribution is -2.45. The average molecular weight is 307 g/mol. The zero-order valence-electron chi connectivity index (χ0n) is 13.8. The van der Waals surface area contributed by atoms with Crippen LogP contribution >= 0.6 is 0 Å². The Morgan fingerprint density at radius 3 is 2.45 bits per heavy atom. The molecule has 0 fully saturated rings. The van der Waals surface area contributed by atoms with Crippen LogP contribution in [0.1, 0.15) is 46.6 Å². The third kappa shape index (κ3) is 5.06. The van der Waals surface area contributed by atoms with Gasteiger partial charge in [-0.05, 0) is 36.5 Å². The van der Waals surface area contributed by atoms with Crippen molar-refractivity contribution in [2.45, 2.75) is 58.6 Å². The normalized spacial score (nSPS) is 14.0. The van der Waals surface area contributed by atoms with Gasteiger partial charge in [0.1, 0.15) is 11.8 Å². The summed E-state index contributed by atoms with van der Waals surface area (Å²) in [6, 6.07) is 6.69. The second-order valence-corrected chi connectivity index (χ2v) is 6.35. The lowest BCUT2D eigenvalue weighted by atomic mass is 9.87. The summed E-state index contributed by atoms with van der Waals surface area (Å²) in [4.78, 5) is 22.9. The van der Waals surface area contributed by atoms with Crippen molar-refractivity contribution >= 4 is 11.9 Å². The highest BCUT2D eigenvalue weighted by Crippen LogP contribution is 2.26. The van der Waals surface area contributed by atoms with Crippen molar-refractivity contribution in [2.24, 2.45) is 0 Å². The smallest absolute Gasteiger partial charge is 0.326 e. The van der Waals surface area contributed by atoms with Gasteiger partial charge in [-0.2, -0.15) is 0 Å². The van der Waals surface area contributed by atoms with Crippen LogP contribution in [0.5, 0.6) is 5.75 Å². The predicted octanol–water partition coefficient (Wildman–Crippen LogP) is 2.73. The molecule has 0 spiro atoms. The maximum Gasteiger partial charge on any atom is 0.326 e. The van der Waals surface area contributed by atoms with Crippen molar-refractivity contribution in [1.29, 1.82) is 0 Å². The summed E-state index contributed by atoms with van der Waals surface area (Å²) in [7, 11) is 0. The molecule has 0 aliphatic rings. The summed E-state index contributed by atoms with van der Waals surface area (Å²) in [5, 5.41) is 11.4. The van der Waals surface area contributed by atoms with Crippen molar-refractivity contribution in [1.82, 2.24) is 5.32 Å². The lowest BCUT2D eigenvalue weighted by Gasteiger charge is -2.21. The van der Waals surface area contributed by atoms with Gasteiger partial charge in [0.2, 0.25) is 0 Å². The van der Waals surface area contributed by atoms with Crippen molar-refractivity contribution in [3.63, 3.8) is 0 Å². The highest BCUT2D eigenvalue weighted by atomic mass is 16.5. The van der Waals surface area contributed by atoms with Crippen LogP contribution in [0.4, 0.5) is 0 Å². The van der Waals surface area contributed by atoms with E-state index in [1.807, 2.05) is 18.2 Å². The largest absolute Gasteiger partial charge is 0.481 e. The van der Waals surface area contributed by atoms with E-state index < -0.39 is 24.0 Å². The number of hydrogen-bond acceptors (Lipinski definition) is 3. The van der Waals surface area contributed by atoms with E-state index in [4.69, 9.17) is 9.84 Å². The predicted molar refractivity (Wildman–Crippen MR) is 85.1 cm³/mol. The van der Waals surface area contributed by atoms with Gasteiger partial charge < -0.3 is 15.2 Å². The number of carbonyl (C=O) groups excluding carboxylic acids is 1. The lowest BCUT2D eigenvalue weighted by molar-refractivity contribution is -0.143. The van der Waals surface area contributed by atoms with Crippen molar-refractivity contribution < 1.29 is 19.4 Å². The van der Waals surface area contributed by atoms with E-state index >= 15 is 0 Å². The van der Waals surface area contributed by atoms with E-state index in [0.717, 1.165) is 5.56 Å². The molecule has 22 heavy (non-hydrogen) atoms. The number of aliphatic carboxylic acids is 1. The maximum absolute atomic E-state index is 12.0. The summed E-state index contributed by atoms with van der Waals surface area (Å²) < 4.78 is 5.63. The second kappa shape index (κ2) is 7.29. The first kappa shape index (κ1) is 18.0. The quantitative estimate of drug-likeness (QED) is 0.847. The van der Waals surface area contributed by atoms with Crippen LogP contribution < -0.4 is 10.1 Å². The number of benzene rings is 1. The molecule has 0 saturated carbocycles. The number of ether oxygens (including phenoxy) is 1. The van der Waals surface area contributed by atoms with Gasteiger partial charge in [0.25, 0.3) is 5.91 Å². The SMILES string of the molecule is CCC(NC(=O)C(C)Oc1cccc(C(C)(C)C)c1)C(=O)O. The van der Waals surface area contributed by atoms with Gasteiger partial charge in [0.05, 0.1) is 0 Å². The van der Waals surface area contributed by atoms with Crippen molar-refractivity contribution in [3.05, 3.63) is 29.8 Å². The van der Waals surface area contributed by atoms with Gasteiger partial charge in [0, 0.05) is 0 Å². The molecular formula is C17H25NO4.